The third-order valence-electron chi connectivity index (χ3n) is 3.81. The number of hydrogen-bond acceptors (Lipinski definition) is 7. The maximum Gasteiger partial charge on any atom is 0.342 e. The van der Waals surface area contributed by atoms with Gasteiger partial charge in [-0.2, -0.15) is 5.26 Å². The van der Waals surface area contributed by atoms with Crippen LogP contribution >= 0.6 is 0 Å². The van der Waals surface area contributed by atoms with E-state index in [0.29, 0.717) is 22.7 Å². The lowest BCUT2D eigenvalue weighted by atomic mass is 10.1. The number of carbonyl (C=O) groups excluding carboxylic acids is 2. The van der Waals surface area contributed by atoms with E-state index in [1.54, 1.807) is 24.3 Å². The fourth-order valence-electron chi connectivity index (χ4n) is 2.41. The van der Waals surface area contributed by atoms with E-state index in [9.17, 15) is 9.59 Å². The average molecular weight is 384 g/mol. The number of benzene rings is 2. The van der Waals surface area contributed by atoms with Crippen LogP contribution in [0, 0.1) is 11.3 Å². The van der Waals surface area contributed by atoms with Crippen molar-refractivity contribution in [3.63, 3.8) is 0 Å². The standard InChI is InChI=1S/C20H20N2O6/c1-25-16-11-18(27-3)17(26-2)10-14(16)20(24)28-9-8-19(23)22-15-7-5-4-6-13(15)12-21/h4-7,10-11H,8-9H2,1-3H3,(H,22,23). The summed E-state index contributed by atoms with van der Waals surface area (Å²) in [7, 11) is 4.33. The van der Waals surface area contributed by atoms with Crippen LogP contribution in [0.2, 0.25) is 0 Å². The highest BCUT2D eigenvalue weighted by Crippen LogP contribution is 2.34. The van der Waals surface area contributed by atoms with Gasteiger partial charge >= 0.3 is 5.97 Å². The smallest absolute Gasteiger partial charge is 0.342 e. The number of rotatable bonds is 8. The molecule has 0 saturated carbocycles. The third kappa shape index (κ3) is 4.92. The van der Waals surface area contributed by atoms with Crippen molar-refractivity contribution in [2.45, 2.75) is 6.42 Å². The Morgan fingerprint density at radius 1 is 1.00 bits per heavy atom. The molecule has 0 atom stereocenters. The lowest BCUT2D eigenvalue weighted by Crippen LogP contribution is -2.17. The number of anilines is 1. The fraction of sp³-hybridized carbons (Fsp3) is 0.250. The first-order valence-corrected chi connectivity index (χ1v) is 8.30. The van der Waals surface area contributed by atoms with E-state index in [-0.39, 0.29) is 30.2 Å². The number of nitrogens with one attached hydrogen (secondary N) is 1. The number of nitriles is 1. The van der Waals surface area contributed by atoms with Crippen molar-refractivity contribution in [2.75, 3.05) is 33.3 Å². The third-order valence-corrected chi connectivity index (χ3v) is 3.81. The Kier molecular flexibility index (Phi) is 7.22. The molecule has 1 N–H and O–H groups in total. The number of methoxy groups -OCH3 is 3. The molecule has 2 aromatic carbocycles. The van der Waals surface area contributed by atoms with E-state index in [1.807, 2.05) is 6.07 Å². The molecule has 0 aliphatic heterocycles. The molecule has 0 fully saturated rings. The quantitative estimate of drug-likeness (QED) is 0.697. The second kappa shape index (κ2) is 9.83. The van der Waals surface area contributed by atoms with Gasteiger partial charge in [-0.15, -0.1) is 0 Å². The zero-order valence-electron chi connectivity index (χ0n) is 15.8. The van der Waals surface area contributed by atoms with Gasteiger partial charge in [0.2, 0.25) is 5.91 Å². The van der Waals surface area contributed by atoms with Gasteiger partial charge in [-0.3, -0.25) is 4.79 Å². The lowest BCUT2D eigenvalue weighted by molar-refractivity contribution is -0.116. The maximum absolute atomic E-state index is 12.4. The predicted molar refractivity (Wildman–Crippen MR) is 101 cm³/mol. The van der Waals surface area contributed by atoms with Crippen molar-refractivity contribution in [3.8, 4) is 23.3 Å². The zero-order chi connectivity index (χ0) is 20.5. The van der Waals surface area contributed by atoms with E-state index in [1.165, 1.54) is 33.5 Å². The summed E-state index contributed by atoms with van der Waals surface area (Å²) in [6, 6.07) is 11.6. The number of ether oxygens (including phenoxy) is 4. The molecule has 8 nitrogen and oxygen atoms in total. The summed E-state index contributed by atoms with van der Waals surface area (Å²) in [6.45, 7) is -0.142. The van der Waals surface area contributed by atoms with E-state index < -0.39 is 5.97 Å². The molecule has 2 aromatic rings. The van der Waals surface area contributed by atoms with Crippen LogP contribution in [-0.4, -0.2) is 39.8 Å². The van der Waals surface area contributed by atoms with Crippen LogP contribution in [0.1, 0.15) is 22.3 Å². The molecule has 1 amide bonds. The Labute approximate surface area is 162 Å². The summed E-state index contributed by atoms with van der Waals surface area (Å²) in [5, 5.41) is 11.7. The van der Waals surface area contributed by atoms with Gasteiger partial charge in [-0.05, 0) is 12.1 Å². The van der Waals surface area contributed by atoms with Gasteiger partial charge in [-0.1, -0.05) is 12.1 Å². The number of carbonyl (C=O) groups is 2. The van der Waals surface area contributed by atoms with Gasteiger partial charge in [0.15, 0.2) is 11.5 Å². The highest BCUT2D eigenvalue weighted by molar-refractivity contribution is 5.94. The Morgan fingerprint density at radius 2 is 1.64 bits per heavy atom. The van der Waals surface area contributed by atoms with E-state index >= 15 is 0 Å². The lowest BCUT2D eigenvalue weighted by Gasteiger charge is -2.13. The summed E-state index contributed by atoms with van der Waals surface area (Å²) in [4.78, 5) is 24.4. The number of esters is 1. The molecule has 0 saturated heterocycles. The summed E-state index contributed by atoms with van der Waals surface area (Å²) >= 11 is 0. The number of para-hydroxylation sites is 1. The molecular weight excluding hydrogens is 364 g/mol. The van der Waals surface area contributed by atoms with E-state index in [0.717, 1.165) is 0 Å². The highest BCUT2D eigenvalue weighted by atomic mass is 16.5. The summed E-state index contributed by atoms with van der Waals surface area (Å²) in [5.41, 5.74) is 0.904. The first-order valence-electron chi connectivity index (χ1n) is 8.30. The second-order valence-corrected chi connectivity index (χ2v) is 5.50. The summed E-state index contributed by atoms with van der Waals surface area (Å²) in [6.07, 6.45) is -0.0683. The topological polar surface area (TPSA) is 107 Å². The maximum atomic E-state index is 12.4. The minimum Gasteiger partial charge on any atom is -0.496 e. The molecular formula is C20H20N2O6. The Hall–Kier alpha value is -3.73. The first kappa shape index (κ1) is 20.6. The minimum atomic E-state index is -0.664. The molecule has 0 aliphatic carbocycles. The van der Waals surface area contributed by atoms with Crippen LogP contribution in [0.25, 0.3) is 0 Å². The van der Waals surface area contributed by atoms with E-state index in [4.69, 9.17) is 24.2 Å². The Balaban J connectivity index is 1.99. The predicted octanol–water partition coefficient (Wildman–Crippen LogP) is 2.77. The van der Waals surface area contributed by atoms with Crippen molar-refractivity contribution < 1.29 is 28.5 Å². The average Bonchev–Trinajstić information content (AvgIpc) is 2.72. The van der Waals surface area contributed by atoms with Gasteiger partial charge in [0.25, 0.3) is 0 Å². The number of nitrogens with zero attached hydrogens (tertiary/aromatic N) is 1. The number of hydrogen-bond donors (Lipinski definition) is 1. The van der Waals surface area contributed by atoms with Crippen LogP contribution < -0.4 is 19.5 Å². The van der Waals surface area contributed by atoms with Gasteiger partial charge in [0.05, 0.1) is 39.0 Å². The molecule has 8 heteroatoms. The Morgan fingerprint density at radius 3 is 2.29 bits per heavy atom. The molecule has 0 aromatic heterocycles. The van der Waals surface area contributed by atoms with Crippen LogP contribution in [0.4, 0.5) is 5.69 Å². The molecule has 0 heterocycles. The highest BCUT2D eigenvalue weighted by Gasteiger charge is 2.19. The fourth-order valence-corrected chi connectivity index (χ4v) is 2.41. The minimum absolute atomic E-state index is 0.0683. The largest absolute Gasteiger partial charge is 0.496 e. The van der Waals surface area contributed by atoms with Crippen LogP contribution in [0.15, 0.2) is 36.4 Å². The van der Waals surface area contributed by atoms with Gasteiger partial charge in [0.1, 0.15) is 24.0 Å². The molecule has 28 heavy (non-hydrogen) atoms. The second-order valence-electron chi connectivity index (χ2n) is 5.50. The van der Waals surface area contributed by atoms with Crippen LogP contribution in [0.5, 0.6) is 17.2 Å². The monoisotopic (exact) mass is 384 g/mol. The first-order chi connectivity index (χ1) is 13.5. The van der Waals surface area contributed by atoms with Crippen LogP contribution in [-0.2, 0) is 9.53 Å². The van der Waals surface area contributed by atoms with Crippen molar-refractivity contribution in [1.82, 2.24) is 0 Å². The molecule has 146 valence electrons. The van der Waals surface area contributed by atoms with Crippen LogP contribution in [0.3, 0.4) is 0 Å². The molecule has 0 unspecified atom stereocenters. The normalized spacial score (nSPS) is 9.79. The SMILES string of the molecule is COc1cc(OC)c(C(=O)OCCC(=O)Nc2ccccc2C#N)cc1OC. The van der Waals surface area contributed by atoms with Gasteiger partial charge < -0.3 is 24.3 Å². The van der Waals surface area contributed by atoms with Crippen molar-refractivity contribution in [2.24, 2.45) is 0 Å². The number of amides is 1. The van der Waals surface area contributed by atoms with Crippen molar-refractivity contribution >= 4 is 17.6 Å². The molecule has 0 aliphatic rings. The molecule has 0 spiro atoms. The molecule has 0 bridgehead atoms. The zero-order valence-corrected chi connectivity index (χ0v) is 15.8. The van der Waals surface area contributed by atoms with Gasteiger partial charge in [-0.25, -0.2) is 4.79 Å². The molecule has 2 rings (SSSR count). The summed E-state index contributed by atoms with van der Waals surface area (Å²) in [5.74, 6) is -0.0274. The summed E-state index contributed by atoms with van der Waals surface area (Å²) < 4.78 is 20.7. The van der Waals surface area contributed by atoms with Gasteiger partial charge in [0, 0.05) is 12.1 Å². The van der Waals surface area contributed by atoms with E-state index in [2.05, 4.69) is 5.32 Å². The Bertz CT molecular complexity index is 904. The molecule has 0 radical (unpaired) electrons. The van der Waals surface area contributed by atoms with Crippen molar-refractivity contribution in [3.05, 3.63) is 47.5 Å². The van der Waals surface area contributed by atoms with Crippen molar-refractivity contribution in [1.29, 1.82) is 5.26 Å².